The van der Waals surface area contributed by atoms with Gasteiger partial charge in [0.25, 0.3) is 0 Å². The number of unbranched alkanes of at least 4 members (excludes halogenated alkanes) is 41. The number of carbonyl (C=O) groups is 2. The molecule has 2 unspecified atom stereocenters. The van der Waals surface area contributed by atoms with Crippen LogP contribution in [0.25, 0.3) is 0 Å². The van der Waals surface area contributed by atoms with E-state index in [-0.39, 0.29) is 18.5 Å². The van der Waals surface area contributed by atoms with Crippen molar-refractivity contribution in [2.45, 2.75) is 334 Å². The molecule has 0 saturated heterocycles. The van der Waals surface area contributed by atoms with Crippen LogP contribution in [0.4, 0.5) is 0 Å². The molecular weight excluding hydrogens is 839 g/mol. The fraction of sp³-hybridized carbons (Fsp3) is 0.871. The van der Waals surface area contributed by atoms with Crippen molar-refractivity contribution < 1.29 is 24.5 Å². The maximum Gasteiger partial charge on any atom is 0.305 e. The first-order valence-corrected chi connectivity index (χ1v) is 30.3. The zero-order valence-corrected chi connectivity index (χ0v) is 45.6. The molecule has 0 heterocycles. The van der Waals surface area contributed by atoms with Crippen molar-refractivity contribution in [3.63, 3.8) is 0 Å². The van der Waals surface area contributed by atoms with Crippen LogP contribution in [0, 0.1) is 0 Å². The normalized spacial score (nSPS) is 12.8. The molecule has 1 amide bonds. The summed E-state index contributed by atoms with van der Waals surface area (Å²) in [4.78, 5) is 24.6. The third-order valence-corrected chi connectivity index (χ3v) is 13.9. The first-order chi connectivity index (χ1) is 33.5. The molecule has 0 aliphatic rings. The van der Waals surface area contributed by atoms with Gasteiger partial charge in [-0.05, 0) is 64.2 Å². The second kappa shape index (κ2) is 57.7. The molecule has 6 heteroatoms. The lowest BCUT2D eigenvalue weighted by Gasteiger charge is -2.20. The van der Waals surface area contributed by atoms with E-state index in [1.165, 1.54) is 231 Å². The number of carbonyl (C=O) groups excluding carboxylic acids is 2. The Morgan fingerprint density at radius 2 is 0.735 bits per heavy atom. The molecule has 0 aliphatic heterocycles. The van der Waals surface area contributed by atoms with E-state index in [0.29, 0.717) is 19.4 Å². The summed E-state index contributed by atoms with van der Waals surface area (Å²) in [6, 6.07) is -0.641. The monoisotopic (exact) mass is 956 g/mol. The van der Waals surface area contributed by atoms with Crippen LogP contribution in [0.5, 0.6) is 0 Å². The van der Waals surface area contributed by atoms with Crippen LogP contribution in [0.3, 0.4) is 0 Å². The first kappa shape index (κ1) is 66.1. The van der Waals surface area contributed by atoms with E-state index < -0.39 is 12.1 Å². The predicted octanol–water partition coefficient (Wildman–Crippen LogP) is 18.8. The number of ether oxygens (including phenoxy) is 1. The predicted molar refractivity (Wildman–Crippen MR) is 296 cm³/mol. The number of esters is 1. The Bertz CT molecular complexity index is 1100. The molecule has 0 spiro atoms. The number of nitrogens with one attached hydrogen (secondary N) is 1. The Hall–Kier alpha value is -1.92. The van der Waals surface area contributed by atoms with E-state index in [0.717, 1.165) is 64.2 Å². The van der Waals surface area contributed by atoms with Gasteiger partial charge in [0.1, 0.15) is 0 Å². The summed E-state index contributed by atoms with van der Waals surface area (Å²) in [6.07, 6.45) is 71.6. The molecule has 6 nitrogen and oxygen atoms in total. The standard InChI is InChI=1S/C62H117NO5/c1-3-5-7-9-11-13-15-17-19-21-23-24-25-26-28-30-34-38-42-46-50-54-60(65)59(58-64)63-61(66)55-51-47-43-39-35-32-33-37-41-45-49-53-57-68-62(67)56-52-48-44-40-36-31-29-27-22-20-18-16-14-12-10-8-6-4-2/h14,16,20,22,50,54,59-60,64-65H,3-13,15,17-19,21,23-49,51-53,55-58H2,1-2H3,(H,63,66)/b16-14-,22-20-,54-50+. The van der Waals surface area contributed by atoms with Crippen molar-refractivity contribution in [1.29, 1.82) is 0 Å². The molecule has 0 aromatic rings. The number of rotatable bonds is 56. The quantitative estimate of drug-likeness (QED) is 0.0321. The van der Waals surface area contributed by atoms with Crippen LogP contribution in [-0.4, -0.2) is 47.4 Å². The van der Waals surface area contributed by atoms with Gasteiger partial charge < -0.3 is 20.3 Å². The third-order valence-electron chi connectivity index (χ3n) is 13.9. The van der Waals surface area contributed by atoms with E-state index in [2.05, 4.69) is 43.5 Å². The highest BCUT2D eigenvalue weighted by Crippen LogP contribution is 2.17. The average Bonchev–Trinajstić information content (AvgIpc) is 3.34. The van der Waals surface area contributed by atoms with Crippen molar-refractivity contribution in [1.82, 2.24) is 5.32 Å². The molecule has 0 aromatic carbocycles. The summed E-state index contributed by atoms with van der Waals surface area (Å²) >= 11 is 0. The van der Waals surface area contributed by atoms with Crippen molar-refractivity contribution in [3.8, 4) is 0 Å². The molecule has 0 rings (SSSR count). The molecule has 68 heavy (non-hydrogen) atoms. The molecule has 3 N–H and O–H groups in total. The molecule has 0 aliphatic carbocycles. The molecule has 0 aromatic heterocycles. The second-order valence-electron chi connectivity index (χ2n) is 20.7. The number of allylic oxidation sites excluding steroid dienone is 5. The van der Waals surface area contributed by atoms with E-state index in [4.69, 9.17) is 4.74 Å². The van der Waals surface area contributed by atoms with Crippen LogP contribution >= 0.6 is 0 Å². The summed E-state index contributed by atoms with van der Waals surface area (Å²) in [5.74, 6) is -0.0994. The van der Waals surface area contributed by atoms with Gasteiger partial charge in [0.15, 0.2) is 0 Å². The Balaban J connectivity index is 3.49. The van der Waals surface area contributed by atoms with Gasteiger partial charge in [-0.3, -0.25) is 9.59 Å². The van der Waals surface area contributed by atoms with Crippen LogP contribution in [0.1, 0.15) is 322 Å². The summed E-state index contributed by atoms with van der Waals surface area (Å²) < 4.78 is 5.48. The van der Waals surface area contributed by atoms with Gasteiger partial charge in [0.05, 0.1) is 25.4 Å². The van der Waals surface area contributed by atoms with Crippen molar-refractivity contribution >= 4 is 11.9 Å². The topological polar surface area (TPSA) is 95.9 Å². The molecule has 0 bridgehead atoms. The molecule has 0 radical (unpaired) electrons. The highest BCUT2D eigenvalue weighted by molar-refractivity contribution is 5.76. The zero-order valence-electron chi connectivity index (χ0n) is 45.6. The van der Waals surface area contributed by atoms with Crippen LogP contribution in [-0.2, 0) is 14.3 Å². The highest BCUT2D eigenvalue weighted by atomic mass is 16.5. The number of amides is 1. The minimum absolute atomic E-state index is 0.0177. The largest absolute Gasteiger partial charge is 0.466 e. The van der Waals surface area contributed by atoms with Gasteiger partial charge in [-0.2, -0.15) is 0 Å². The Kier molecular flexibility index (Phi) is 56.0. The average molecular weight is 957 g/mol. The lowest BCUT2D eigenvalue weighted by Crippen LogP contribution is -2.45. The molecule has 400 valence electrons. The van der Waals surface area contributed by atoms with E-state index in [1.54, 1.807) is 6.08 Å². The maximum absolute atomic E-state index is 12.5. The second-order valence-corrected chi connectivity index (χ2v) is 20.7. The highest BCUT2D eigenvalue weighted by Gasteiger charge is 2.18. The fourth-order valence-electron chi connectivity index (χ4n) is 9.25. The van der Waals surface area contributed by atoms with Gasteiger partial charge >= 0.3 is 5.97 Å². The fourth-order valence-corrected chi connectivity index (χ4v) is 9.25. The smallest absolute Gasteiger partial charge is 0.305 e. The summed E-state index contributed by atoms with van der Waals surface area (Å²) in [5, 5.41) is 23.2. The SMILES string of the molecule is CCCCCC/C=C\C/C=C\CCCCCCCCCC(=O)OCCCCCCCCCCCCCCC(=O)NC(CO)C(O)/C=C/CCCCCCCCCCCCCCCCCCCCC. The number of hydrogen-bond donors (Lipinski definition) is 3. The molecule has 2 atom stereocenters. The number of aliphatic hydroxyl groups is 2. The van der Waals surface area contributed by atoms with Crippen LogP contribution in [0.15, 0.2) is 36.5 Å². The van der Waals surface area contributed by atoms with Gasteiger partial charge in [0.2, 0.25) is 5.91 Å². The van der Waals surface area contributed by atoms with Crippen LogP contribution in [0.2, 0.25) is 0 Å². The van der Waals surface area contributed by atoms with E-state index >= 15 is 0 Å². The van der Waals surface area contributed by atoms with Crippen molar-refractivity contribution in [2.75, 3.05) is 13.2 Å². The van der Waals surface area contributed by atoms with E-state index in [1.807, 2.05) is 6.08 Å². The number of hydrogen-bond acceptors (Lipinski definition) is 5. The zero-order chi connectivity index (χ0) is 49.3. The summed E-state index contributed by atoms with van der Waals surface area (Å²) in [6.45, 7) is 4.87. The van der Waals surface area contributed by atoms with Crippen molar-refractivity contribution in [3.05, 3.63) is 36.5 Å². The Morgan fingerprint density at radius 3 is 1.13 bits per heavy atom. The van der Waals surface area contributed by atoms with E-state index in [9.17, 15) is 19.8 Å². The van der Waals surface area contributed by atoms with Gasteiger partial charge in [-0.15, -0.1) is 0 Å². The minimum atomic E-state index is -0.857. The maximum atomic E-state index is 12.5. The van der Waals surface area contributed by atoms with Crippen molar-refractivity contribution in [2.24, 2.45) is 0 Å². The van der Waals surface area contributed by atoms with Crippen LogP contribution < -0.4 is 5.32 Å². The van der Waals surface area contributed by atoms with Gasteiger partial charge in [-0.25, -0.2) is 0 Å². The third kappa shape index (κ3) is 53.4. The molecule has 0 fully saturated rings. The lowest BCUT2D eigenvalue weighted by atomic mass is 10.0. The van der Waals surface area contributed by atoms with Gasteiger partial charge in [0, 0.05) is 12.8 Å². The summed E-state index contributed by atoms with van der Waals surface area (Å²) in [7, 11) is 0. The lowest BCUT2D eigenvalue weighted by molar-refractivity contribution is -0.143. The van der Waals surface area contributed by atoms with Gasteiger partial charge in [-0.1, -0.05) is 281 Å². The summed E-state index contributed by atoms with van der Waals surface area (Å²) in [5.41, 5.74) is 0. The molecular formula is C62H117NO5. The number of aliphatic hydroxyl groups excluding tert-OH is 2. The Morgan fingerprint density at radius 1 is 0.412 bits per heavy atom. The molecule has 0 saturated carbocycles. The first-order valence-electron chi connectivity index (χ1n) is 30.3. The Labute approximate surface area is 424 Å². The minimum Gasteiger partial charge on any atom is -0.466 e.